The molecule has 1 amide bonds. The quantitative estimate of drug-likeness (QED) is 0.835. The molecule has 1 aliphatic heterocycles. The van der Waals surface area contributed by atoms with Gasteiger partial charge in [0.15, 0.2) is 0 Å². The maximum Gasteiger partial charge on any atom is 0.253 e. The van der Waals surface area contributed by atoms with Gasteiger partial charge in [0.25, 0.3) is 5.91 Å². The molecule has 0 spiro atoms. The van der Waals surface area contributed by atoms with Gasteiger partial charge in [0, 0.05) is 32.4 Å². The van der Waals surface area contributed by atoms with E-state index < -0.39 is 0 Å². The maximum absolute atomic E-state index is 12.6. The first-order valence-electron chi connectivity index (χ1n) is 8.37. The van der Waals surface area contributed by atoms with E-state index in [0.29, 0.717) is 11.5 Å². The van der Waals surface area contributed by atoms with E-state index >= 15 is 0 Å². The van der Waals surface area contributed by atoms with Crippen LogP contribution in [0.15, 0.2) is 54.6 Å². The van der Waals surface area contributed by atoms with Gasteiger partial charge in [-0.1, -0.05) is 18.2 Å². The molecule has 4 heteroatoms. The molecule has 1 aliphatic rings. The molecule has 0 N–H and O–H groups in total. The summed E-state index contributed by atoms with van der Waals surface area (Å²) in [4.78, 5) is 14.5. The summed E-state index contributed by atoms with van der Waals surface area (Å²) in [7, 11) is 1.73. The molecule has 0 unspecified atom stereocenters. The zero-order valence-corrected chi connectivity index (χ0v) is 14.0. The Kier molecular flexibility index (Phi) is 5.49. The second-order valence-corrected chi connectivity index (χ2v) is 6.13. The number of hydrogen-bond donors (Lipinski definition) is 0. The van der Waals surface area contributed by atoms with Crippen LogP contribution in [0.1, 0.15) is 23.2 Å². The molecular weight excluding hydrogens is 302 g/mol. The topological polar surface area (TPSA) is 38.8 Å². The average molecular weight is 325 g/mol. The molecule has 2 aromatic rings. The molecule has 1 fully saturated rings. The van der Waals surface area contributed by atoms with Crippen molar-refractivity contribution in [2.75, 3.05) is 26.8 Å². The van der Waals surface area contributed by atoms with Crippen LogP contribution in [0.25, 0.3) is 0 Å². The lowest BCUT2D eigenvalue weighted by Crippen LogP contribution is -2.39. The minimum absolute atomic E-state index is 0.0946. The van der Waals surface area contributed by atoms with E-state index in [9.17, 15) is 4.79 Å². The molecule has 0 aliphatic carbocycles. The minimum atomic E-state index is 0.0946. The summed E-state index contributed by atoms with van der Waals surface area (Å²) in [6.07, 6.45) is 2.02. The molecule has 126 valence electrons. The van der Waals surface area contributed by atoms with Crippen LogP contribution in [0.3, 0.4) is 0 Å². The first-order chi connectivity index (χ1) is 11.8. The number of nitrogens with zero attached hydrogens (tertiary/aromatic N) is 1. The van der Waals surface area contributed by atoms with Crippen molar-refractivity contribution < 1.29 is 14.3 Å². The minimum Gasteiger partial charge on any atom is -0.457 e. The number of amides is 1. The normalized spacial score (nSPS) is 15.3. The number of ether oxygens (including phenoxy) is 2. The Bertz CT molecular complexity index is 646. The van der Waals surface area contributed by atoms with Crippen molar-refractivity contribution in [2.24, 2.45) is 5.92 Å². The monoisotopic (exact) mass is 325 g/mol. The maximum atomic E-state index is 12.6. The lowest BCUT2D eigenvalue weighted by Gasteiger charge is -2.31. The van der Waals surface area contributed by atoms with Gasteiger partial charge in [-0.05, 0) is 55.2 Å². The standard InChI is InChI=1S/C20H23NO3/c1-23-15-16-11-13-21(14-12-16)20(22)17-7-9-19(10-8-17)24-18-5-3-2-4-6-18/h2-10,16H,11-15H2,1H3. The van der Waals surface area contributed by atoms with Crippen molar-refractivity contribution >= 4 is 5.91 Å². The Morgan fingerprint density at radius 3 is 2.25 bits per heavy atom. The number of carbonyl (C=O) groups is 1. The lowest BCUT2D eigenvalue weighted by molar-refractivity contribution is 0.0613. The predicted octanol–water partition coefficient (Wildman–Crippen LogP) is 3.98. The number of likely N-dealkylation sites (tertiary alicyclic amines) is 1. The largest absolute Gasteiger partial charge is 0.457 e. The highest BCUT2D eigenvalue weighted by molar-refractivity contribution is 5.94. The van der Waals surface area contributed by atoms with Crippen LogP contribution in [0.2, 0.25) is 0 Å². The SMILES string of the molecule is COCC1CCN(C(=O)c2ccc(Oc3ccccc3)cc2)CC1. The highest BCUT2D eigenvalue weighted by Gasteiger charge is 2.23. The van der Waals surface area contributed by atoms with Gasteiger partial charge in [0.05, 0.1) is 0 Å². The lowest BCUT2D eigenvalue weighted by atomic mass is 9.97. The summed E-state index contributed by atoms with van der Waals surface area (Å²) in [5.41, 5.74) is 0.709. The van der Waals surface area contributed by atoms with Crippen LogP contribution in [0.5, 0.6) is 11.5 Å². The van der Waals surface area contributed by atoms with Gasteiger partial charge in [-0.25, -0.2) is 0 Å². The first kappa shape index (κ1) is 16.5. The van der Waals surface area contributed by atoms with Crippen molar-refractivity contribution in [1.82, 2.24) is 4.90 Å². The number of methoxy groups -OCH3 is 1. The Morgan fingerprint density at radius 1 is 1.00 bits per heavy atom. The molecule has 0 saturated carbocycles. The van der Waals surface area contributed by atoms with Crippen LogP contribution in [-0.4, -0.2) is 37.6 Å². The molecule has 3 rings (SSSR count). The molecule has 0 atom stereocenters. The molecule has 2 aromatic carbocycles. The number of carbonyl (C=O) groups excluding carboxylic acids is 1. The van der Waals surface area contributed by atoms with Crippen molar-refractivity contribution in [3.05, 3.63) is 60.2 Å². The third-order valence-electron chi connectivity index (χ3n) is 4.38. The van der Waals surface area contributed by atoms with Gasteiger partial charge in [0.2, 0.25) is 0 Å². The Hall–Kier alpha value is -2.33. The second-order valence-electron chi connectivity index (χ2n) is 6.13. The average Bonchev–Trinajstić information content (AvgIpc) is 2.64. The Labute approximate surface area is 143 Å². The van der Waals surface area contributed by atoms with E-state index in [1.807, 2.05) is 59.5 Å². The van der Waals surface area contributed by atoms with E-state index in [1.165, 1.54) is 0 Å². The molecule has 0 bridgehead atoms. The predicted molar refractivity (Wildman–Crippen MR) is 93.5 cm³/mol. The van der Waals surface area contributed by atoms with Crippen LogP contribution in [0.4, 0.5) is 0 Å². The number of para-hydroxylation sites is 1. The van der Waals surface area contributed by atoms with Gasteiger partial charge in [-0.3, -0.25) is 4.79 Å². The summed E-state index contributed by atoms with van der Waals surface area (Å²) in [6.45, 7) is 2.39. The van der Waals surface area contributed by atoms with E-state index in [1.54, 1.807) is 7.11 Å². The number of piperidine rings is 1. The smallest absolute Gasteiger partial charge is 0.253 e. The van der Waals surface area contributed by atoms with E-state index in [0.717, 1.165) is 44.0 Å². The van der Waals surface area contributed by atoms with Crippen LogP contribution < -0.4 is 4.74 Å². The van der Waals surface area contributed by atoms with Crippen molar-refractivity contribution in [2.45, 2.75) is 12.8 Å². The summed E-state index contributed by atoms with van der Waals surface area (Å²) in [5, 5.41) is 0. The first-order valence-corrected chi connectivity index (χ1v) is 8.37. The summed E-state index contributed by atoms with van der Waals surface area (Å²) < 4.78 is 11.0. The molecular formula is C20H23NO3. The van der Waals surface area contributed by atoms with Gasteiger partial charge in [-0.15, -0.1) is 0 Å². The molecule has 1 saturated heterocycles. The highest BCUT2D eigenvalue weighted by atomic mass is 16.5. The third-order valence-corrected chi connectivity index (χ3v) is 4.38. The zero-order chi connectivity index (χ0) is 16.8. The van der Waals surface area contributed by atoms with Gasteiger partial charge >= 0.3 is 0 Å². The fourth-order valence-electron chi connectivity index (χ4n) is 3.01. The molecule has 0 radical (unpaired) electrons. The molecule has 4 nitrogen and oxygen atoms in total. The van der Waals surface area contributed by atoms with Crippen molar-refractivity contribution in [3.8, 4) is 11.5 Å². The summed E-state index contributed by atoms with van der Waals surface area (Å²) in [5.74, 6) is 2.19. The molecule has 0 aromatic heterocycles. The van der Waals surface area contributed by atoms with E-state index in [4.69, 9.17) is 9.47 Å². The summed E-state index contributed by atoms with van der Waals surface area (Å²) >= 11 is 0. The fourth-order valence-corrected chi connectivity index (χ4v) is 3.01. The van der Waals surface area contributed by atoms with Gasteiger partial charge in [-0.2, -0.15) is 0 Å². The van der Waals surface area contributed by atoms with Crippen LogP contribution in [-0.2, 0) is 4.74 Å². The van der Waals surface area contributed by atoms with E-state index in [-0.39, 0.29) is 5.91 Å². The fraction of sp³-hybridized carbons (Fsp3) is 0.350. The van der Waals surface area contributed by atoms with Gasteiger partial charge in [0.1, 0.15) is 11.5 Å². The third kappa shape index (κ3) is 4.15. The van der Waals surface area contributed by atoms with E-state index in [2.05, 4.69) is 0 Å². The second kappa shape index (κ2) is 7.97. The molecule has 1 heterocycles. The summed E-state index contributed by atoms with van der Waals surface area (Å²) in [6, 6.07) is 17.0. The number of hydrogen-bond acceptors (Lipinski definition) is 3. The van der Waals surface area contributed by atoms with Crippen molar-refractivity contribution in [1.29, 1.82) is 0 Å². The Balaban J connectivity index is 1.58. The van der Waals surface area contributed by atoms with Crippen LogP contribution in [0, 0.1) is 5.92 Å². The Morgan fingerprint density at radius 2 is 1.62 bits per heavy atom. The number of rotatable bonds is 5. The van der Waals surface area contributed by atoms with Gasteiger partial charge < -0.3 is 14.4 Å². The van der Waals surface area contributed by atoms with Crippen LogP contribution >= 0.6 is 0 Å². The number of benzene rings is 2. The zero-order valence-electron chi connectivity index (χ0n) is 14.0. The molecule has 24 heavy (non-hydrogen) atoms. The van der Waals surface area contributed by atoms with Crippen molar-refractivity contribution in [3.63, 3.8) is 0 Å². The highest BCUT2D eigenvalue weighted by Crippen LogP contribution is 2.23.